The van der Waals surface area contributed by atoms with Crippen LogP contribution in [0.15, 0.2) is 46.8 Å². The molecule has 1 aliphatic carbocycles. The molecule has 0 bridgehead atoms. The van der Waals surface area contributed by atoms with Crippen molar-refractivity contribution < 1.29 is 14.1 Å². The van der Waals surface area contributed by atoms with Crippen LogP contribution in [-0.2, 0) is 5.54 Å². The first-order valence-electron chi connectivity index (χ1n) is 11.0. The van der Waals surface area contributed by atoms with E-state index < -0.39 is 16.6 Å². The third kappa shape index (κ3) is 5.09. The molecule has 0 spiro atoms. The fourth-order valence-electron chi connectivity index (χ4n) is 3.95. The molecule has 0 radical (unpaired) electrons. The predicted octanol–water partition coefficient (Wildman–Crippen LogP) is 5.54. The predicted molar refractivity (Wildman–Crippen MR) is 126 cm³/mol. The Labute approximate surface area is 200 Å². The number of aromatic nitrogens is 4. The van der Waals surface area contributed by atoms with Gasteiger partial charge in [0.25, 0.3) is 11.6 Å². The van der Waals surface area contributed by atoms with E-state index in [1.165, 1.54) is 24.3 Å². The number of pyridine rings is 1. The zero-order chi connectivity index (χ0) is 24.5. The Bertz CT molecular complexity index is 1230. The molecule has 0 saturated heterocycles. The standard InChI is InChI=1S/C23H25FN6O3S/c1-23(2,3)29-13-26-28-22(29)34-19-9-8-16(30(32)33)11-17(19)21(31)27-20-18(24)10-15(12-25-20)14-6-4-5-7-14/h8-14H,4-7H2,1-3H3,(H,25,27,31). The summed E-state index contributed by atoms with van der Waals surface area (Å²) in [6.45, 7) is 5.94. The summed E-state index contributed by atoms with van der Waals surface area (Å²) in [5, 5.41) is 22.4. The molecule has 1 aliphatic rings. The van der Waals surface area contributed by atoms with Gasteiger partial charge < -0.3 is 9.88 Å². The van der Waals surface area contributed by atoms with Gasteiger partial charge >= 0.3 is 0 Å². The van der Waals surface area contributed by atoms with Gasteiger partial charge in [-0.25, -0.2) is 9.37 Å². The van der Waals surface area contributed by atoms with E-state index in [-0.39, 0.29) is 28.5 Å². The van der Waals surface area contributed by atoms with Crippen LogP contribution in [0.3, 0.4) is 0 Å². The molecule has 1 N–H and O–H groups in total. The number of nitrogens with zero attached hydrogens (tertiary/aromatic N) is 5. The molecule has 1 aromatic carbocycles. The summed E-state index contributed by atoms with van der Waals surface area (Å²) in [6, 6.07) is 5.37. The van der Waals surface area contributed by atoms with Crippen molar-refractivity contribution in [1.82, 2.24) is 19.7 Å². The summed E-state index contributed by atoms with van der Waals surface area (Å²) in [7, 11) is 0. The molecule has 2 aromatic heterocycles. The number of non-ortho nitro benzene ring substituents is 1. The Morgan fingerprint density at radius 1 is 1.26 bits per heavy atom. The lowest BCUT2D eigenvalue weighted by Gasteiger charge is -2.22. The molecule has 1 amide bonds. The molecule has 11 heteroatoms. The van der Waals surface area contributed by atoms with Crippen molar-refractivity contribution in [2.24, 2.45) is 0 Å². The first-order valence-corrected chi connectivity index (χ1v) is 11.8. The number of nitrogens with one attached hydrogen (secondary N) is 1. The van der Waals surface area contributed by atoms with E-state index in [9.17, 15) is 19.3 Å². The molecule has 4 rings (SSSR count). The summed E-state index contributed by atoms with van der Waals surface area (Å²) in [4.78, 5) is 28.4. The SMILES string of the molecule is CC(C)(C)n1cnnc1Sc1ccc([N+](=O)[O-])cc1C(=O)Nc1ncc(C2CCCC2)cc1F. The first-order chi connectivity index (χ1) is 16.1. The maximum Gasteiger partial charge on any atom is 0.270 e. The number of amides is 1. The molecule has 3 aromatic rings. The second-order valence-electron chi connectivity index (χ2n) is 9.23. The fourth-order valence-corrected chi connectivity index (χ4v) is 5.05. The highest BCUT2D eigenvalue weighted by molar-refractivity contribution is 7.99. The third-order valence-corrected chi connectivity index (χ3v) is 6.82. The maximum absolute atomic E-state index is 14.8. The molecule has 1 fully saturated rings. The van der Waals surface area contributed by atoms with Gasteiger partial charge in [0.1, 0.15) is 6.33 Å². The average molecular weight is 485 g/mol. The first kappa shape index (κ1) is 23.8. The van der Waals surface area contributed by atoms with Gasteiger partial charge in [0.2, 0.25) is 0 Å². The van der Waals surface area contributed by atoms with Crippen LogP contribution in [0.25, 0.3) is 0 Å². The van der Waals surface area contributed by atoms with Crippen molar-refractivity contribution in [1.29, 1.82) is 0 Å². The summed E-state index contributed by atoms with van der Waals surface area (Å²) in [5.74, 6) is -1.27. The highest BCUT2D eigenvalue weighted by Crippen LogP contribution is 2.36. The van der Waals surface area contributed by atoms with Crippen LogP contribution >= 0.6 is 11.8 Å². The number of carbonyl (C=O) groups is 1. The van der Waals surface area contributed by atoms with Gasteiger partial charge in [-0.15, -0.1) is 10.2 Å². The zero-order valence-electron chi connectivity index (χ0n) is 19.1. The summed E-state index contributed by atoms with van der Waals surface area (Å²) >= 11 is 1.15. The lowest BCUT2D eigenvalue weighted by atomic mass is 9.99. The summed E-state index contributed by atoms with van der Waals surface area (Å²) in [5.41, 5.74) is 0.269. The van der Waals surface area contributed by atoms with Gasteiger partial charge in [0.05, 0.1) is 10.5 Å². The smallest absolute Gasteiger partial charge is 0.270 e. The molecule has 0 aliphatic heterocycles. The largest absolute Gasteiger partial charge is 0.304 e. The van der Waals surface area contributed by atoms with E-state index in [1.807, 2.05) is 25.3 Å². The maximum atomic E-state index is 14.8. The molecule has 178 valence electrons. The lowest BCUT2D eigenvalue weighted by Crippen LogP contribution is -2.22. The Morgan fingerprint density at radius 3 is 2.65 bits per heavy atom. The Kier molecular flexibility index (Phi) is 6.65. The Hall–Kier alpha value is -3.34. The van der Waals surface area contributed by atoms with E-state index in [0.29, 0.717) is 10.1 Å². The Balaban J connectivity index is 1.63. The van der Waals surface area contributed by atoms with Crippen LogP contribution in [0.1, 0.15) is 68.3 Å². The van der Waals surface area contributed by atoms with E-state index in [4.69, 9.17) is 0 Å². The van der Waals surface area contributed by atoms with Crippen LogP contribution in [0.4, 0.5) is 15.9 Å². The van der Waals surface area contributed by atoms with Gasteiger partial charge in [-0.2, -0.15) is 0 Å². The number of nitro groups is 1. The monoisotopic (exact) mass is 484 g/mol. The van der Waals surface area contributed by atoms with Crippen LogP contribution in [0.2, 0.25) is 0 Å². The molecular weight excluding hydrogens is 459 g/mol. The van der Waals surface area contributed by atoms with Crippen molar-refractivity contribution in [3.8, 4) is 0 Å². The van der Waals surface area contributed by atoms with E-state index in [2.05, 4.69) is 20.5 Å². The topological polar surface area (TPSA) is 116 Å². The number of nitro benzene ring substituents is 1. The van der Waals surface area contributed by atoms with Crippen LogP contribution in [0.5, 0.6) is 0 Å². The lowest BCUT2D eigenvalue weighted by molar-refractivity contribution is -0.384. The molecule has 9 nitrogen and oxygen atoms in total. The number of anilines is 1. The van der Waals surface area contributed by atoms with Crippen molar-refractivity contribution in [3.05, 3.63) is 63.8 Å². The van der Waals surface area contributed by atoms with Gasteiger partial charge in [0, 0.05) is 28.8 Å². The van der Waals surface area contributed by atoms with E-state index in [1.54, 1.807) is 12.5 Å². The quantitative estimate of drug-likeness (QED) is 0.361. The van der Waals surface area contributed by atoms with Crippen molar-refractivity contribution in [2.45, 2.75) is 68.0 Å². The minimum atomic E-state index is -0.701. The van der Waals surface area contributed by atoms with Gasteiger partial charge in [0.15, 0.2) is 16.8 Å². The molecule has 34 heavy (non-hydrogen) atoms. The number of carbonyl (C=O) groups excluding carboxylic acids is 1. The highest BCUT2D eigenvalue weighted by Gasteiger charge is 2.24. The third-order valence-electron chi connectivity index (χ3n) is 5.78. The minimum Gasteiger partial charge on any atom is -0.304 e. The molecule has 2 heterocycles. The highest BCUT2D eigenvalue weighted by atomic mass is 32.2. The summed E-state index contributed by atoms with van der Waals surface area (Å²) < 4.78 is 16.6. The molecular formula is C23H25FN6O3S. The van der Waals surface area contributed by atoms with Gasteiger partial charge in [-0.05, 0) is 69.0 Å². The van der Waals surface area contributed by atoms with Gasteiger partial charge in [-0.1, -0.05) is 12.8 Å². The average Bonchev–Trinajstić information content (AvgIpc) is 3.47. The molecule has 0 atom stereocenters. The number of hydrogen-bond donors (Lipinski definition) is 1. The molecule has 0 unspecified atom stereocenters. The van der Waals surface area contributed by atoms with E-state index in [0.717, 1.165) is 43.0 Å². The van der Waals surface area contributed by atoms with Crippen molar-refractivity contribution in [3.63, 3.8) is 0 Å². The number of rotatable bonds is 6. The number of hydrogen-bond acceptors (Lipinski definition) is 7. The van der Waals surface area contributed by atoms with E-state index >= 15 is 0 Å². The van der Waals surface area contributed by atoms with Crippen LogP contribution < -0.4 is 5.32 Å². The zero-order valence-corrected chi connectivity index (χ0v) is 19.9. The normalized spacial score (nSPS) is 14.4. The fraction of sp³-hybridized carbons (Fsp3) is 0.391. The van der Waals surface area contributed by atoms with Crippen LogP contribution in [-0.4, -0.2) is 30.6 Å². The van der Waals surface area contributed by atoms with Gasteiger partial charge in [-0.3, -0.25) is 14.9 Å². The Morgan fingerprint density at radius 2 is 2.00 bits per heavy atom. The number of halogens is 1. The second kappa shape index (κ2) is 9.49. The molecule has 1 saturated carbocycles. The minimum absolute atomic E-state index is 0.0173. The second-order valence-corrected chi connectivity index (χ2v) is 10.2. The summed E-state index contributed by atoms with van der Waals surface area (Å²) in [6.07, 6.45) is 7.39. The number of benzene rings is 1. The van der Waals surface area contributed by atoms with Crippen LogP contribution in [0, 0.1) is 15.9 Å². The van der Waals surface area contributed by atoms with Crippen molar-refractivity contribution in [2.75, 3.05) is 5.32 Å². The van der Waals surface area contributed by atoms with Crippen molar-refractivity contribution >= 4 is 29.2 Å².